The Kier molecular flexibility index (Phi) is 1.99. The normalized spacial score (nSPS) is 38.7. The fraction of sp³-hybridized carbons (Fsp3) is 1.00. The highest BCUT2D eigenvalue weighted by atomic mass is 19.1. The van der Waals surface area contributed by atoms with Crippen molar-refractivity contribution < 1.29 is 9.13 Å². The lowest BCUT2D eigenvalue weighted by Gasteiger charge is -2.06. The Bertz CT molecular complexity index is 120. The summed E-state index contributed by atoms with van der Waals surface area (Å²) in [5.41, 5.74) is -0.922. The van der Waals surface area contributed by atoms with Crippen LogP contribution in [0.2, 0.25) is 0 Å². The van der Waals surface area contributed by atoms with Crippen molar-refractivity contribution in [1.82, 2.24) is 0 Å². The quantitative estimate of drug-likeness (QED) is 0.593. The predicted molar refractivity (Wildman–Crippen MR) is 38.7 cm³/mol. The van der Waals surface area contributed by atoms with Gasteiger partial charge in [-0.15, -0.1) is 0 Å². The molecule has 1 aliphatic rings. The summed E-state index contributed by atoms with van der Waals surface area (Å²) in [4.78, 5) is 0. The first kappa shape index (κ1) is 7.99. The van der Waals surface area contributed by atoms with Crippen molar-refractivity contribution in [2.24, 2.45) is 5.92 Å². The zero-order chi connectivity index (χ0) is 7.78. The molecular weight excluding hydrogens is 131 g/mol. The Hall–Kier alpha value is -0.110. The van der Waals surface area contributed by atoms with E-state index in [0.717, 1.165) is 0 Å². The molecule has 1 saturated carbocycles. The van der Waals surface area contributed by atoms with Crippen LogP contribution in [0, 0.1) is 5.92 Å². The first-order valence-electron chi connectivity index (χ1n) is 3.83. The lowest BCUT2D eigenvalue weighted by Crippen LogP contribution is -2.09. The van der Waals surface area contributed by atoms with E-state index in [1.807, 2.05) is 13.8 Å². The highest BCUT2D eigenvalue weighted by Gasteiger charge is 2.50. The molecule has 1 rings (SSSR count). The minimum atomic E-state index is -0.922. The molecule has 2 unspecified atom stereocenters. The van der Waals surface area contributed by atoms with E-state index in [1.165, 1.54) is 0 Å². The topological polar surface area (TPSA) is 9.23 Å². The maximum atomic E-state index is 12.8. The Morgan fingerprint density at radius 1 is 1.70 bits per heavy atom. The van der Waals surface area contributed by atoms with Crippen LogP contribution in [0.1, 0.15) is 27.2 Å². The molecule has 60 valence electrons. The van der Waals surface area contributed by atoms with E-state index in [4.69, 9.17) is 4.74 Å². The van der Waals surface area contributed by atoms with E-state index in [9.17, 15) is 4.39 Å². The molecule has 0 saturated heterocycles. The second-order valence-corrected chi connectivity index (χ2v) is 3.56. The van der Waals surface area contributed by atoms with Gasteiger partial charge in [0.25, 0.3) is 0 Å². The SMILES string of the molecule is CC(C)OCC1CC1(C)F. The lowest BCUT2D eigenvalue weighted by molar-refractivity contribution is 0.0606. The summed E-state index contributed by atoms with van der Waals surface area (Å²) < 4.78 is 18.1. The number of halogens is 1. The van der Waals surface area contributed by atoms with Crippen molar-refractivity contribution in [2.75, 3.05) is 6.61 Å². The fourth-order valence-corrected chi connectivity index (χ4v) is 0.964. The highest BCUT2D eigenvalue weighted by molar-refractivity contribution is 4.99. The van der Waals surface area contributed by atoms with Crippen LogP contribution in [-0.2, 0) is 4.74 Å². The first-order valence-corrected chi connectivity index (χ1v) is 3.83. The molecule has 1 fully saturated rings. The number of ether oxygens (including phenoxy) is 1. The van der Waals surface area contributed by atoms with Crippen LogP contribution in [0.4, 0.5) is 4.39 Å². The van der Waals surface area contributed by atoms with Gasteiger partial charge in [-0.2, -0.15) is 0 Å². The van der Waals surface area contributed by atoms with E-state index in [0.29, 0.717) is 13.0 Å². The van der Waals surface area contributed by atoms with Crippen LogP contribution in [0.5, 0.6) is 0 Å². The Morgan fingerprint density at radius 3 is 2.50 bits per heavy atom. The number of hydrogen-bond donors (Lipinski definition) is 0. The molecule has 2 atom stereocenters. The monoisotopic (exact) mass is 146 g/mol. The van der Waals surface area contributed by atoms with Gasteiger partial charge in [-0.1, -0.05) is 0 Å². The highest BCUT2D eigenvalue weighted by Crippen LogP contribution is 2.46. The molecule has 1 nitrogen and oxygen atoms in total. The lowest BCUT2D eigenvalue weighted by atomic mass is 10.3. The van der Waals surface area contributed by atoms with Gasteiger partial charge in [0.1, 0.15) is 5.67 Å². The van der Waals surface area contributed by atoms with Crippen LogP contribution in [0.15, 0.2) is 0 Å². The molecule has 0 radical (unpaired) electrons. The number of alkyl halides is 1. The standard InChI is InChI=1S/C8H15FO/c1-6(2)10-5-7-4-8(7,3)9/h6-7H,4-5H2,1-3H3. The van der Waals surface area contributed by atoms with Gasteiger partial charge in [0, 0.05) is 5.92 Å². The summed E-state index contributed by atoms with van der Waals surface area (Å²) in [5, 5.41) is 0. The second-order valence-electron chi connectivity index (χ2n) is 3.56. The van der Waals surface area contributed by atoms with Gasteiger partial charge in [-0.05, 0) is 27.2 Å². The van der Waals surface area contributed by atoms with Crippen LogP contribution in [0.3, 0.4) is 0 Å². The molecule has 0 N–H and O–H groups in total. The summed E-state index contributed by atoms with van der Waals surface area (Å²) in [6, 6.07) is 0. The average molecular weight is 146 g/mol. The van der Waals surface area contributed by atoms with Crippen LogP contribution in [-0.4, -0.2) is 18.4 Å². The van der Waals surface area contributed by atoms with Gasteiger partial charge < -0.3 is 4.74 Å². The largest absolute Gasteiger partial charge is 0.378 e. The molecule has 10 heavy (non-hydrogen) atoms. The summed E-state index contributed by atoms with van der Waals surface area (Å²) in [6.07, 6.45) is 0.913. The van der Waals surface area contributed by atoms with Gasteiger partial charge in [0.2, 0.25) is 0 Å². The molecule has 1 aliphatic carbocycles. The minimum Gasteiger partial charge on any atom is -0.378 e. The summed E-state index contributed by atoms with van der Waals surface area (Å²) in [7, 11) is 0. The van der Waals surface area contributed by atoms with E-state index < -0.39 is 5.67 Å². The van der Waals surface area contributed by atoms with Crippen molar-refractivity contribution in [3.8, 4) is 0 Å². The fourth-order valence-electron chi connectivity index (χ4n) is 0.964. The molecular formula is C8H15FO. The third-order valence-electron chi connectivity index (χ3n) is 1.97. The maximum absolute atomic E-state index is 12.8. The van der Waals surface area contributed by atoms with Crippen LogP contribution < -0.4 is 0 Å². The Labute approximate surface area is 61.6 Å². The summed E-state index contributed by atoms with van der Waals surface area (Å²) in [6.45, 7) is 6.17. The summed E-state index contributed by atoms with van der Waals surface area (Å²) in [5.74, 6) is 0.162. The summed E-state index contributed by atoms with van der Waals surface area (Å²) >= 11 is 0. The van der Waals surface area contributed by atoms with E-state index >= 15 is 0 Å². The minimum absolute atomic E-state index is 0.162. The van der Waals surface area contributed by atoms with E-state index in [1.54, 1.807) is 6.92 Å². The first-order chi connectivity index (χ1) is 4.52. The Morgan fingerprint density at radius 2 is 2.20 bits per heavy atom. The zero-order valence-electron chi connectivity index (χ0n) is 6.86. The molecule has 0 aliphatic heterocycles. The molecule has 0 bridgehead atoms. The molecule has 2 heteroatoms. The molecule has 0 spiro atoms. The van der Waals surface area contributed by atoms with Crippen LogP contribution in [0.25, 0.3) is 0 Å². The predicted octanol–water partition coefficient (Wildman–Crippen LogP) is 2.16. The molecule has 0 aromatic carbocycles. The average Bonchev–Trinajstić information content (AvgIpc) is 2.35. The Balaban J connectivity index is 2.07. The van der Waals surface area contributed by atoms with E-state index in [2.05, 4.69) is 0 Å². The molecule has 0 aromatic rings. The van der Waals surface area contributed by atoms with Crippen molar-refractivity contribution >= 4 is 0 Å². The zero-order valence-corrected chi connectivity index (χ0v) is 6.86. The van der Waals surface area contributed by atoms with E-state index in [-0.39, 0.29) is 12.0 Å². The smallest absolute Gasteiger partial charge is 0.113 e. The third-order valence-corrected chi connectivity index (χ3v) is 1.97. The van der Waals surface area contributed by atoms with Gasteiger partial charge in [0.15, 0.2) is 0 Å². The molecule has 0 aromatic heterocycles. The van der Waals surface area contributed by atoms with Gasteiger partial charge in [0.05, 0.1) is 12.7 Å². The van der Waals surface area contributed by atoms with Crippen molar-refractivity contribution in [1.29, 1.82) is 0 Å². The van der Waals surface area contributed by atoms with Crippen molar-refractivity contribution in [2.45, 2.75) is 39.0 Å². The number of hydrogen-bond acceptors (Lipinski definition) is 1. The molecule has 0 heterocycles. The molecule has 0 amide bonds. The second kappa shape index (κ2) is 2.50. The van der Waals surface area contributed by atoms with Crippen molar-refractivity contribution in [3.63, 3.8) is 0 Å². The van der Waals surface area contributed by atoms with Crippen molar-refractivity contribution in [3.05, 3.63) is 0 Å². The third kappa shape index (κ3) is 1.94. The maximum Gasteiger partial charge on any atom is 0.113 e. The van der Waals surface area contributed by atoms with Gasteiger partial charge in [-0.25, -0.2) is 4.39 Å². The van der Waals surface area contributed by atoms with Gasteiger partial charge >= 0.3 is 0 Å². The van der Waals surface area contributed by atoms with Crippen LogP contribution >= 0.6 is 0 Å². The van der Waals surface area contributed by atoms with Gasteiger partial charge in [-0.3, -0.25) is 0 Å². The number of rotatable bonds is 3.